The Hall–Kier alpha value is -1.01. The number of carbonyl (C=O) groups is 1. The van der Waals surface area contributed by atoms with Crippen molar-refractivity contribution in [3.8, 4) is 0 Å². The van der Waals surface area contributed by atoms with Crippen molar-refractivity contribution in [3.05, 3.63) is 6.20 Å². The number of nitrogens with zero attached hydrogens (tertiary/aromatic N) is 2. The number of nitrogens with two attached hydrogens (primary N) is 1. The quantitative estimate of drug-likeness (QED) is 0.778. The lowest BCUT2D eigenvalue weighted by molar-refractivity contribution is -0.117. The predicted octanol–water partition coefficient (Wildman–Crippen LogP) is 0.850. The molecule has 78 valence electrons. The van der Waals surface area contributed by atoms with Crippen molar-refractivity contribution >= 4 is 22.4 Å². The third-order valence-electron chi connectivity index (χ3n) is 1.67. The van der Waals surface area contributed by atoms with Gasteiger partial charge in [0.2, 0.25) is 5.91 Å². The van der Waals surface area contributed by atoms with E-state index in [1.807, 2.05) is 13.8 Å². The molecule has 0 bridgehead atoms. The van der Waals surface area contributed by atoms with E-state index in [0.717, 1.165) is 11.5 Å². The highest BCUT2D eigenvalue weighted by Crippen LogP contribution is 2.10. The molecule has 0 radical (unpaired) electrons. The van der Waals surface area contributed by atoms with Gasteiger partial charge in [-0.25, -0.2) is 0 Å². The minimum absolute atomic E-state index is 0.176. The Morgan fingerprint density at radius 1 is 1.71 bits per heavy atom. The smallest absolute Gasteiger partial charge is 0.241 e. The van der Waals surface area contributed by atoms with Gasteiger partial charge in [-0.1, -0.05) is 18.3 Å². The molecule has 0 fully saturated rings. The first kappa shape index (κ1) is 11.1. The van der Waals surface area contributed by atoms with Crippen LogP contribution < -0.4 is 11.1 Å². The summed E-state index contributed by atoms with van der Waals surface area (Å²) in [5.74, 6) is 0.236. The summed E-state index contributed by atoms with van der Waals surface area (Å²) < 4.78 is 3.63. The summed E-state index contributed by atoms with van der Waals surface area (Å²) in [6.07, 6.45) is 2.18. The second kappa shape index (κ2) is 5.02. The molecule has 1 aromatic heterocycles. The molecule has 1 rings (SSSR count). The van der Waals surface area contributed by atoms with E-state index in [2.05, 4.69) is 14.9 Å². The molecule has 6 heteroatoms. The van der Waals surface area contributed by atoms with Crippen LogP contribution in [0, 0.1) is 5.92 Å². The van der Waals surface area contributed by atoms with E-state index in [1.54, 1.807) is 0 Å². The topological polar surface area (TPSA) is 80.9 Å². The molecule has 5 nitrogen and oxygen atoms in total. The largest absolute Gasteiger partial charge is 0.320 e. The van der Waals surface area contributed by atoms with Crippen LogP contribution in [0.4, 0.5) is 5.00 Å². The molecule has 1 aromatic rings. The van der Waals surface area contributed by atoms with Gasteiger partial charge in [0, 0.05) is 11.5 Å². The number of hydrogen-bond donors (Lipinski definition) is 2. The second-order valence-corrected chi connectivity index (χ2v) is 4.29. The Balaban J connectivity index is 2.42. The summed E-state index contributed by atoms with van der Waals surface area (Å²) in [6, 6.07) is -0.461. The summed E-state index contributed by atoms with van der Waals surface area (Å²) in [4.78, 5) is 11.5. The van der Waals surface area contributed by atoms with E-state index < -0.39 is 6.04 Å². The number of rotatable bonds is 4. The monoisotopic (exact) mass is 214 g/mol. The van der Waals surface area contributed by atoms with Gasteiger partial charge in [0.05, 0.1) is 12.2 Å². The summed E-state index contributed by atoms with van der Waals surface area (Å²) in [5.41, 5.74) is 5.69. The van der Waals surface area contributed by atoms with Crippen molar-refractivity contribution in [3.63, 3.8) is 0 Å². The molecule has 0 aromatic carbocycles. The second-order valence-electron chi connectivity index (χ2n) is 3.51. The predicted molar refractivity (Wildman–Crippen MR) is 56.0 cm³/mol. The van der Waals surface area contributed by atoms with Gasteiger partial charge in [0.15, 0.2) is 0 Å². The molecular weight excluding hydrogens is 200 g/mol. The van der Waals surface area contributed by atoms with Gasteiger partial charge in [-0.15, -0.1) is 5.10 Å². The van der Waals surface area contributed by atoms with Crippen molar-refractivity contribution < 1.29 is 4.79 Å². The number of carbonyl (C=O) groups excluding carboxylic acids is 1. The highest BCUT2D eigenvalue weighted by Gasteiger charge is 2.15. The average molecular weight is 214 g/mol. The highest BCUT2D eigenvalue weighted by molar-refractivity contribution is 7.10. The van der Waals surface area contributed by atoms with E-state index in [-0.39, 0.29) is 5.91 Å². The summed E-state index contributed by atoms with van der Waals surface area (Å²) in [7, 11) is 0. The molecule has 0 unspecified atom stereocenters. The van der Waals surface area contributed by atoms with Crippen LogP contribution in [0.15, 0.2) is 6.20 Å². The fourth-order valence-corrected chi connectivity index (χ4v) is 1.47. The van der Waals surface area contributed by atoms with Gasteiger partial charge < -0.3 is 11.1 Å². The highest BCUT2D eigenvalue weighted by atomic mass is 32.1. The van der Waals surface area contributed by atoms with E-state index in [0.29, 0.717) is 17.3 Å². The minimum atomic E-state index is -0.461. The van der Waals surface area contributed by atoms with Gasteiger partial charge >= 0.3 is 0 Å². The first-order chi connectivity index (χ1) is 6.59. The van der Waals surface area contributed by atoms with Gasteiger partial charge in [-0.05, 0) is 12.3 Å². The molecule has 0 saturated carbocycles. The minimum Gasteiger partial charge on any atom is -0.320 e. The first-order valence-corrected chi connectivity index (χ1v) is 5.20. The van der Waals surface area contributed by atoms with Crippen molar-refractivity contribution in [1.29, 1.82) is 0 Å². The average Bonchev–Trinajstić information content (AvgIpc) is 2.55. The molecule has 1 heterocycles. The van der Waals surface area contributed by atoms with Crippen LogP contribution in [-0.2, 0) is 4.79 Å². The van der Waals surface area contributed by atoms with Crippen molar-refractivity contribution in [2.45, 2.75) is 26.3 Å². The van der Waals surface area contributed by atoms with Crippen molar-refractivity contribution in [2.75, 3.05) is 5.32 Å². The molecule has 1 amide bonds. The zero-order valence-electron chi connectivity index (χ0n) is 8.23. The SMILES string of the molecule is CC(C)C[C@@H](N)C(=O)Nc1cnns1. The van der Waals surface area contributed by atoms with Gasteiger partial charge in [-0.2, -0.15) is 0 Å². The molecule has 1 atom stereocenters. The zero-order valence-corrected chi connectivity index (χ0v) is 9.04. The summed E-state index contributed by atoms with van der Waals surface area (Å²) in [6.45, 7) is 4.06. The Bertz CT molecular complexity index is 286. The first-order valence-electron chi connectivity index (χ1n) is 4.43. The molecule has 0 spiro atoms. The number of nitrogens with one attached hydrogen (secondary N) is 1. The van der Waals surface area contributed by atoms with Crippen LogP contribution in [0.2, 0.25) is 0 Å². The zero-order chi connectivity index (χ0) is 10.6. The van der Waals surface area contributed by atoms with E-state index in [1.165, 1.54) is 6.20 Å². The van der Waals surface area contributed by atoms with Crippen LogP contribution in [-0.4, -0.2) is 21.5 Å². The normalized spacial score (nSPS) is 12.9. The molecule has 0 aliphatic carbocycles. The molecular formula is C8H14N4OS. The summed E-state index contributed by atoms with van der Waals surface area (Å²) in [5, 5.41) is 6.90. The Morgan fingerprint density at radius 3 is 2.93 bits per heavy atom. The molecule has 3 N–H and O–H groups in total. The lowest BCUT2D eigenvalue weighted by Gasteiger charge is -2.12. The Morgan fingerprint density at radius 2 is 2.43 bits per heavy atom. The lowest BCUT2D eigenvalue weighted by atomic mass is 10.0. The third kappa shape index (κ3) is 3.39. The van der Waals surface area contributed by atoms with E-state index in [9.17, 15) is 4.79 Å². The Labute approximate surface area is 86.9 Å². The van der Waals surface area contributed by atoms with Gasteiger partial charge in [0.1, 0.15) is 5.00 Å². The molecule has 14 heavy (non-hydrogen) atoms. The third-order valence-corrected chi connectivity index (χ3v) is 2.25. The number of anilines is 1. The number of amides is 1. The van der Waals surface area contributed by atoms with Crippen molar-refractivity contribution in [2.24, 2.45) is 11.7 Å². The maximum absolute atomic E-state index is 11.5. The maximum atomic E-state index is 11.5. The fraction of sp³-hybridized carbons (Fsp3) is 0.625. The van der Waals surface area contributed by atoms with Crippen LogP contribution >= 0.6 is 11.5 Å². The van der Waals surface area contributed by atoms with Gasteiger partial charge in [-0.3, -0.25) is 4.79 Å². The summed E-state index contributed by atoms with van der Waals surface area (Å²) >= 11 is 1.14. The molecule has 0 aliphatic heterocycles. The van der Waals surface area contributed by atoms with Crippen LogP contribution in [0.5, 0.6) is 0 Å². The van der Waals surface area contributed by atoms with Crippen LogP contribution in [0.25, 0.3) is 0 Å². The number of hydrogen-bond acceptors (Lipinski definition) is 5. The lowest BCUT2D eigenvalue weighted by Crippen LogP contribution is -2.36. The van der Waals surface area contributed by atoms with Gasteiger partial charge in [0.25, 0.3) is 0 Å². The maximum Gasteiger partial charge on any atom is 0.241 e. The fourth-order valence-electron chi connectivity index (χ4n) is 1.05. The van der Waals surface area contributed by atoms with Crippen LogP contribution in [0.1, 0.15) is 20.3 Å². The van der Waals surface area contributed by atoms with E-state index >= 15 is 0 Å². The van der Waals surface area contributed by atoms with Crippen molar-refractivity contribution in [1.82, 2.24) is 9.59 Å². The van der Waals surface area contributed by atoms with E-state index in [4.69, 9.17) is 5.73 Å². The Kier molecular flexibility index (Phi) is 3.97. The number of aromatic nitrogens is 2. The molecule has 0 saturated heterocycles. The van der Waals surface area contributed by atoms with Crippen LogP contribution in [0.3, 0.4) is 0 Å². The standard InChI is InChI=1S/C8H14N4OS/c1-5(2)3-6(9)8(13)11-7-4-10-12-14-7/h4-6H,3,9H2,1-2H3,(H,11,13)/t6-/m1/s1. The molecule has 0 aliphatic rings.